The third kappa shape index (κ3) is 4.64. The van der Waals surface area contributed by atoms with Crippen molar-refractivity contribution in [3.05, 3.63) is 12.4 Å². The van der Waals surface area contributed by atoms with Gasteiger partial charge in [-0.25, -0.2) is 9.97 Å². The number of aromatic nitrogens is 2. The number of carbonyl (C=O) groups is 1. The lowest BCUT2D eigenvalue weighted by Gasteiger charge is -2.08. The maximum Gasteiger partial charge on any atom is 0.313 e. The smallest absolute Gasteiger partial charge is 0.313 e. The van der Waals surface area contributed by atoms with Crippen molar-refractivity contribution in [3.63, 3.8) is 0 Å². The van der Waals surface area contributed by atoms with E-state index in [2.05, 4.69) is 15.3 Å². The van der Waals surface area contributed by atoms with Crippen LogP contribution in [0.3, 0.4) is 0 Å². The first-order valence-corrected chi connectivity index (χ1v) is 5.49. The van der Waals surface area contributed by atoms with E-state index in [-0.39, 0.29) is 11.8 Å². The van der Waals surface area contributed by atoms with Gasteiger partial charge in [0.25, 0.3) is 0 Å². The van der Waals surface area contributed by atoms with Gasteiger partial charge >= 0.3 is 5.97 Å². The summed E-state index contributed by atoms with van der Waals surface area (Å²) in [4.78, 5) is 18.3. The second kappa shape index (κ2) is 5.55. The topological polar surface area (TPSA) is 75.1 Å². The predicted molar refractivity (Wildman–Crippen MR) is 59.2 cm³/mol. The van der Waals surface area contributed by atoms with Crippen LogP contribution in [0.5, 0.6) is 0 Å². The minimum Gasteiger partial charge on any atom is -0.481 e. The third-order valence-corrected chi connectivity index (χ3v) is 2.33. The highest BCUT2D eigenvalue weighted by molar-refractivity contribution is 7.99. The van der Waals surface area contributed by atoms with Crippen molar-refractivity contribution in [1.82, 2.24) is 9.97 Å². The fourth-order valence-electron chi connectivity index (χ4n) is 0.929. The quantitative estimate of drug-likeness (QED) is 0.586. The van der Waals surface area contributed by atoms with E-state index < -0.39 is 5.97 Å². The molecule has 0 saturated heterocycles. The Hall–Kier alpha value is -1.30. The van der Waals surface area contributed by atoms with Crippen LogP contribution in [0.4, 0.5) is 5.82 Å². The van der Waals surface area contributed by atoms with Gasteiger partial charge in [-0.05, 0) is 13.8 Å². The molecular weight excluding hydrogens is 214 g/mol. The lowest BCUT2D eigenvalue weighted by Crippen LogP contribution is -2.11. The van der Waals surface area contributed by atoms with Gasteiger partial charge in [0.15, 0.2) is 0 Å². The highest BCUT2D eigenvalue weighted by atomic mass is 32.2. The van der Waals surface area contributed by atoms with Crippen LogP contribution in [0.2, 0.25) is 0 Å². The third-order valence-electron chi connectivity index (χ3n) is 1.42. The number of carboxylic acid groups (broad SMARTS) is 1. The minimum absolute atomic E-state index is 0.0120. The van der Waals surface area contributed by atoms with Crippen LogP contribution in [0.15, 0.2) is 17.4 Å². The van der Waals surface area contributed by atoms with E-state index in [1.54, 1.807) is 6.07 Å². The molecule has 5 nitrogen and oxygen atoms in total. The van der Waals surface area contributed by atoms with Crippen molar-refractivity contribution in [3.8, 4) is 0 Å². The molecule has 1 heterocycles. The number of aliphatic carboxylic acids is 1. The maximum atomic E-state index is 10.4. The Morgan fingerprint density at radius 3 is 2.93 bits per heavy atom. The Morgan fingerprint density at radius 1 is 1.60 bits per heavy atom. The molecular formula is C9H13N3O2S. The molecule has 0 amide bonds. The fourth-order valence-corrected chi connectivity index (χ4v) is 1.52. The molecule has 2 N–H and O–H groups in total. The predicted octanol–water partition coefficient (Wildman–Crippen LogP) is 1.47. The largest absolute Gasteiger partial charge is 0.481 e. The molecule has 0 atom stereocenters. The summed E-state index contributed by atoms with van der Waals surface area (Å²) in [7, 11) is 0. The van der Waals surface area contributed by atoms with E-state index >= 15 is 0 Å². The molecule has 0 bridgehead atoms. The molecule has 1 aromatic rings. The average molecular weight is 227 g/mol. The van der Waals surface area contributed by atoms with Crippen LogP contribution in [0.25, 0.3) is 0 Å². The van der Waals surface area contributed by atoms with Crippen molar-refractivity contribution in [2.75, 3.05) is 11.1 Å². The van der Waals surface area contributed by atoms with Crippen LogP contribution in [-0.4, -0.2) is 32.8 Å². The summed E-state index contributed by atoms with van der Waals surface area (Å²) in [6.45, 7) is 4.01. The first-order valence-electron chi connectivity index (χ1n) is 4.51. The highest BCUT2D eigenvalue weighted by Gasteiger charge is 2.03. The van der Waals surface area contributed by atoms with Gasteiger partial charge in [-0.3, -0.25) is 4.79 Å². The summed E-state index contributed by atoms with van der Waals surface area (Å²) < 4.78 is 0. The molecule has 0 aliphatic carbocycles. The Bertz CT molecular complexity index is 344. The van der Waals surface area contributed by atoms with Gasteiger partial charge in [-0.1, -0.05) is 11.8 Å². The first kappa shape index (κ1) is 11.8. The van der Waals surface area contributed by atoms with Crippen LogP contribution >= 0.6 is 11.8 Å². The van der Waals surface area contributed by atoms with Gasteiger partial charge in [0.2, 0.25) is 0 Å². The zero-order valence-corrected chi connectivity index (χ0v) is 9.41. The first-order chi connectivity index (χ1) is 7.08. The van der Waals surface area contributed by atoms with Crippen molar-refractivity contribution in [1.29, 1.82) is 0 Å². The number of nitrogens with one attached hydrogen (secondary N) is 1. The monoisotopic (exact) mass is 227 g/mol. The summed E-state index contributed by atoms with van der Waals surface area (Å²) >= 11 is 1.18. The molecule has 0 aromatic carbocycles. The molecule has 0 radical (unpaired) electrons. The zero-order chi connectivity index (χ0) is 11.3. The number of rotatable bonds is 5. The van der Waals surface area contributed by atoms with E-state index in [0.717, 1.165) is 0 Å². The maximum absolute atomic E-state index is 10.4. The van der Waals surface area contributed by atoms with Crippen molar-refractivity contribution in [2.24, 2.45) is 0 Å². The summed E-state index contributed by atoms with van der Waals surface area (Å²) in [5.74, 6) is -0.122. The molecule has 1 rings (SSSR count). The van der Waals surface area contributed by atoms with Crippen molar-refractivity contribution < 1.29 is 9.90 Å². The lowest BCUT2D eigenvalue weighted by molar-refractivity contribution is -0.133. The van der Waals surface area contributed by atoms with Gasteiger partial charge in [-0.15, -0.1) is 0 Å². The molecule has 0 spiro atoms. The normalized spacial score (nSPS) is 10.3. The molecule has 6 heteroatoms. The SMILES string of the molecule is CC(C)Nc1cc(SCC(=O)O)ncn1. The van der Waals surface area contributed by atoms with E-state index in [4.69, 9.17) is 5.11 Å². The van der Waals surface area contributed by atoms with E-state index in [0.29, 0.717) is 10.8 Å². The Labute approximate surface area is 92.3 Å². The van der Waals surface area contributed by atoms with Crippen LogP contribution < -0.4 is 5.32 Å². The number of anilines is 1. The minimum atomic E-state index is -0.850. The second-order valence-electron chi connectivity index (χ2n) is 3.22. The molecule has 15 heavy (non-hydrogen) atoms. The van der Waals surface area contributed by atoms with E-state index in [1.165, 1.54) is 18.1 Å². The molecule has 0 aliphatic heterocycles. The summed E-state index contributed by atoms with van der Waals surface area (Å²) in [5.41, 5.74) is 0. The molecule has 0 fully saturated rings. The summed E-state index contributed by atoms with van der Waals surface area (Å²) in [5, 5.41) is 12.3. The molecule has 82 valence electrons. The van der Waals surface area contributed by atoms with Crippen molar-refractivity contribution in [2.45, 2.75) is 24.9 Å². The Kier molecular flexibility index (Phi) is 4.36. The average Bonchev–Trinajstić information content (AvgIpc) is 2.14. The van der Waals surface area contributed by atoms with Crippen LogP contribution in [0.1, 0.15) is 13.8 Å². The van der Waals surface area contributed by atoms with Gasteiger partial charge in [0.05, 0.1) is 5.75 Å². The lowest BCUT2D eigenvalue weighted by atomic mass is 10.4. The molecule has 0 unspecified atom stereocenters. The van der Waals surface area contributed by atoms with Gasteiger partial charge < -0.3 is 10.4 Å². The Balaban J connectivity index is 2.61. The standard InChI is InChI=1S/C9H13N3O2S/c1-6(2)12-7-3-8(11-5-10-7)15-4-9(13)14/h3,5-6H,4H2,1-2H3,(H,13,14)(H,10,11,12). The van der Waals surface area contributed by atoms with Crippen molar-refractivity contribution >= 4 is 23.5 Å². The molecule has 1 aromatic heterocycles. The Morgan fingerprint density at radius 2 is 2.33 bits per heavy atom. The van der Waals surface area contributed by atoms with Gasteiger partial charge in [-0.2, -0.15) is 0 Å². The number of hydrogen-bond donors (Lipinski definition) is 2. The summed E-state index contributed by atoms with van der Waals surface area (Å²) in [6, 6.07) is 2.03. The van der Waals surface area contributed by atoms with Gasteiger partial charge in [0, 0.05) is 12.1 Å². The number of thioether (sulfide) groups is 1. The molecule has 0 aliphatic rings. The number of hydrogen-bond acceptors (Lipinski definition) is 5. The number of nitrogens with zero attached hydrogens (tertiary/aromatic N) is 2. The van der Waals surface area contributed by atoms with Gasteiger partial charge in [0.1, 0.15) is 17.2 Å². The van der Waals surface area contributed by atoms with E-state index in [1.807, 2.05) is 13.8 Å². The number of carboxylic acids is 1. The highest BCUT2D eigenvalue weighted by Crippen LogP contribution is 2.17. The van der Waals surface area contributed by atoms with Crippen LogP contribution in [0, 0.1) is 0 Å². The van der Waals surface area contributed by atoms with Crippen LogP contribution in [-0.2, 0) is 4.79 Å². The summed E-state index contributed by atoms with van der Waals surface area (Å²) in [6.07, 6.45) is 1.43. The fraction of sp³-hybridized carbons (Fsp3) is 0.444. The second-order valence-corrected chi connectivity index (χ2v) is 4.22. The van der Waals surface area contributed by atoms with E-state index in [9.17, 15) is 4.79 Å². The molecule has 0 saturated carbocycles. The zero-order valence-electron chi connectivity index (χ0n) is 8.60.